The summed E-state index contributed by atoms with van der Waals surface area (Å²) in [5, 5.41) is 0. The number of esters is 1. The zero-order valence-electron chi connectivity index (χ0n) is 9.54. The van der Waals surface area contributed by atoms with Gasteiger partial charge in [0, 0.05) is 5.56 Å². The third kappa shape index (κ3) is 3.62. The SMILES string of the molecule is C=C(C)c1ccc(C#CCC(=O)OC)cc1. The minimum absolute atomic E-state index is 0.124. The van der Waals surface area contributed by atoms with Gasteiger partial charge in [-0.25, -0.2) is 0 Å². The molecule has 1 aromatic rings. The number of methoxy groups -OCH3 is 1. The minimum atomic E-state index is -0.314. The van der Waals surface area contributed by atoms with Crippen molar-refractivity contribution in [3.8, 4) is 11.8 Å². The van der Waals surface area contributed by atoms with Crippen LogP contribution in [0.2, 0.25) is 0 Å². The van der Waals surface area contributed by atoms with Gasteiger partial charge in [0.05, 0.1) is 7.11 Å². The van der Waals surface area contributed by atoms with E-state index in [1.807, 2.05) is 31.2 Å². The van der Waals surface area contributed by atoms with E-state index in [9.17, 15) is 4.79 Å². The van der Waals surface area contributed by atoms with Gasteiger partial charge in [0.1, 0.15) is 6.42 Å². The van der Waals surface area contributed by atoms with Gasteiger partial charge in [0.15, 0.2) is 0 Å². The summed E-state index contributed by atoms with van der Waals surface area (Å²) >= 11 is 0. The van der Waals surface area contributed by atoms with Crippen molar-refractivity contribution in [1.29, 1.82) is 0 Å². The highest BCUT2D eigenvalue weighted by atomic mass is 16.5. The molecule has 0 aliphatic heterocycles. The van der Waals surface area contributed by atoms with Crippen LogP contribution < -0.4 is 0 Å². The summed E-state index contributed by atoms with van der Waals surface area (Å²) in [4.78, 5) is 10.8. The topological polar surface area (TPSA) is 26.3 Å². The Morgan fingerprint density at radius 3 is 2.50 bits per heavy atom. The lowest BCUT2D eigenvalue weighted by molar-refractivity contribution is -0.139. The lowest BCUT2D eigenvalue weighted by Gasteiger charge is -1.98. The monoisotopic (exact) mass is 214 g/mol. The van der Waals surface area contributed by atoms with Gasteiger partial charge in [-0.15, -0.1) is 0 Å². The van der Waals surface area contributed by atoms with Gasteiger partial charge >= 0.3 is 5.97 Å². The second-order valence-electron chi connectivity index (χ2n) is 3.41. The fourth-order valence-electron chi connectivity index (χ4n) is 1.13. The number of benzene rings is 1. The number of carbonyl (C=O) groups excluding carboxylic acids is 1. The molecule has 2 nitrogen and oxygen atoms in total. The van der Waals surface area contributed by atoms with Crippen LogP contribution in [0, 0.1) is 11.8 Å². The molecule has 0 saturated heterocycles. The van der Waals surface area contributed by atoms with Gasteiger partial charge in [0.2, 0.25) is 0 Å². The van der Waals surface area contributed by atoms with E-state index in [-0.39, 0.29) is 12.4 Å². The van der Waals surface area contributed by atoms with E-state index in [2.05, 4.69) is 23.2 Å². The Kier molecular flexibility index (Phi) is 4.35. The molecule has 0 bridgehead atoms. The molecule has 0 aromatic heterocycles. The van der Waals surface area contributed by atoms with Crippen LogP contribution in [0.5, 0.6) is 0 Å². The van der Waals surface area contributed by atoms with Crippen LogP contribution in [-0.2, 0) is 9.53 Å². The molecule has 1 rings (SSSR count). The number of rotatable bonds is 2. The summed E-state index contributed by atoms with van der Waals surface area (Å²) in [5.41, 5.74) is 3.00. The van der Waals surface area contributed by atoms with E-state index in [1.54, 1.807) is 0 Å². The first kappa shape index (κ1) is 12.1. The first-order valence-corrected chi connectivity index (χ1v) is 4.95. The molecule has 82 valence electrons. The van der Waals surface area contributed by atoms with E-state index in [1.165, 1.54) is 7.11 Å². The van der Waals surface area contributed by atoms with Crippen molar-refractivity contribution in [2.24, 2.45) is 0 Å². The predicted molar refractivity (Wildman–Crippen MR) is 64.7 cm³/mol. The molecule has 0 spiro atoms. The van der Waals surface area contributed by atoms with Crippen LogP contribution in [0.1, 0.15) is 24.5 Å². The number of hydrogen-bond acceptors (Lipinski definition) is 2. The zero-order valence-corrected chi connectivity index (χ0v) is 9.54. The van der Waals surface area contributed by atoms with Crippen molar-refractivity contribution in [2.45, 2.75) is 13.3 Å². The van der Waals surface area contributed by atoms with Crippen molar-refractivity contribution >= 4 is 11.5 Å². The normalized spacial score (nSPS) is 8.88. The van der Waals surface area contributed by atoms with Gasteiger partial charge in [-0.3, -0.25) is 4.79 Å². The molecule has 0 N–H and O–H groups in total. The third-order valence-electron chi connectivity index (χ3n) is 2.07. The van der Waals surface area contributed by atoms with Gasteiger partial charge in [-0.2, -0.15) is 0 Å². The molecule has 0 unspecified atom stereocenters. The van der Waals surface area contributed by atoms with Crippen molar-refractivity contribution in [1.82, 2.24) is 0 Å². The van der Waals surface area contributed by atoms with E-state index in [0.717, 1.165) is 16.7 Å². The molecule has 16 heavy (non-hydrogen) atoms. The number of allylic oxidation sites excluding steroid dienone is 1. The largest absolute Gasteiger partial charge is 0.468 e. The fraction of sp³-hybridized carbons (Fsp3) is 0.214. The molecule has 0 heterocycles. The predicted octanol–water partition coefficient (Wildman–Crippen LogP) is 2.63. The van der Waals surface area contributed by atoms with Crippen LogP contribution in [0.25, 0.3) is 5.57 Å². The van der Waals surface area contributed by atoms with Gasteiger partial charge in [-0.05, 0) is 24.6 Å². The van der Waals surface area contributed by atoms with Gasteiger partial charge < -0.3 is 4.74 Å². The Hall–Kier alpha value is -2.01. The van der Waals surface area contributed by atoms with Crippen molar-refractivity contribution in [3.05, 3.63) is 42.0 Å². The van der Waals surface area contributed by atoms with Crippen molar-refractivity contribution < 1.29 is 9.53 Å². The average molecular weight is 214 g/mol. The molecule has 0 fully saturated rings. The first-order valence-electron chi connectivity index (χ1n) is 4.95. The smallest absolute Gasteiger partial charge is 0.317 e. The van der Waals surface area contributed by atoms with Crippen molar-refractivity contribution in [2.75, 3.05) is 7.11 Å². The lowest BCUT2D eigenvalue weighted by Crippen LogP contribution is -1.96. The summed E-state index contributed by atoms with van der Waals surface area (Å²) in [6.07, 6.45) is 0.124. The van der Waals surface area contributed by atoms with Crippen LogP contribution >= 0.6 is 0 Å². The summed E-state index contributed by atoms with van der Waals surface area (Å²) in [5.74, 6) is 5.34. The standard InChI is InChI=1S/C14H14O2/c1-11(2)13-9-7-12(8-10-13)5-4-6-14(15)16-3/h7-10H,1,6H2,2-3H3. The second kappa shape index (κ2) is 5.77. The molecule has 0 amide bonds. The highest BCUT2D eigenvalue weighted by Crippen LogP contribution is 2.11. The Balaban J connectivity index is 2.68. The Bertz CT molecular complexity index is 444. The summed E-state index contributed by atoms with van der Waals surface area (Å²) in [6.45, 7) is 5.81. The van der Waals surface area contributed by atoms with Gasteiger partial charge in [0.25, 0.3) is 0 Å². The molecule has 0 aliphatic carbocycles. The maximum absolute atomic E-state index is 10.8. The molecular formula is C14H14O2. The molecule has 2 heteroatoms. The Labute approximate surface area is 95.9 Å². The molecule has 1 aromatic carbocycles. The van der Waals surface area contributed by atoms with Crippen LogP contribution in [0.4, 0.5) is 0 Å². The van der Waals surface area contributed by atoms with Gasteiger partial charge in [-0.1, -0.05) is 36.1 Å². The summed E-state index contributed by atoms with van der Waals surface area (Å²) < 4.78 is 4.49. The fourth-order valence-corrected chi connectivity index (χ4v) is 1.13. The molecule has 0 saturated carbocycles. The van der Waals surface area contributed by atoms with Crippen LogP contribution in [0.3, 0.4) is 0 Å². The van der Waals surface area contributed by atoms with E-state index < -0.39 is 0 Å². The van der Waals surface area contributed by atoms with E-state index >= 15 is 0 Å². The van der Waals surface area contributed by atoms with Crippen LogP contribution in [0.15, 0.2) is 30.8 Å². The summed E-state index contributed by atoms with van der Waals surface area (Å²) in [6, 6.07) is 7.75. The first-order chi connectivity index (χ1) is 7.63. The number of ether oxygens (including phenoxy) is 1. The highest BCUT2D eigenvalue weighted by Gasteiger charge is 1.94. The number of hydrogen-bond donors (Lipinski definition) is 0. The molecular weight excluding hydrogens is 200 g/mol. The molecule has 0 atom stereocenters. The minimum Gasteiger partial charge on any atom is -0.468 e. The third-order valence-corrected chi connectivity index (χ3v) is 2.07. The second-order valence-corrected chi connectivity index (χ2v) is 3.41. The maximum Gasteiger partial charge on any atom is 0.317 e. The maximum atomic E-state index is 10.8. The molecule has 0 aliphatic rings. The molecule has 0 radical (unpaired) electrons. The van der Waals surface area contributed by atoms with E-state index in [4.69, 9.17) is 0 Å². The summed E-state index contributed by atoms with van der Waals surface area (Å²) in [7, 11) is 1.35. The average Bonchev–Trinajstić information content (AvgIpc) is 2.29. The Morgan fingerprint density at radius 2 is 2.00 bits per heavy atom. The lowest BCUT2D eigenvalue weighted by atomic mass is 10.1. The van der Waals surface area contributed by atoms with Crippen molar-refractivity contribution in [3.63, 3.8) is 0 Å². The quantitative estimate of drug-likeness (QED) is 0.559. The van der Waals surface area contributed by atoms with E-state index in [0.29, 0.717) is 0 Å². The van der Waals surface area contributed by atoms with Crippen LogP contribution in [-0.4, -0.2) is 13.1 Å². The Morgan fingerprint density at radius 1 is 1.38 bits per heavy atom. The number of carbonyl (C=O) groups is 1. The zero-order chi connectivity index (χ0) is 12.0. The highest BCUT2D eigenvalue weighted by molar-refractivity contribution is 5.72.